The molecule has 2 aromatic heterocycles. The van der Waals surface area contributed by atoms with Crippen LogP contribution < -0.4 is 5.32 Å². The van der Waals surface area contributed by atoms with E-state index in [0.717, 1.165) is 16.1 Å². The van der Waals surface area contributed by atoms with E-state index in [0.29, 0.717) is 12.4 Å². The molecule has 0 aliphatic rings. The van der Waals surface area contributed by atoms with Crippen LogP contribution in [-0.2, 0) is 6.54 Å². The van der Waals surface area contributed by atoms with Gasteiger partial charge in [0.15, 0.2) is 0 Å². The third-order valence-electron chi connectivity index (χ3n) is 2.96. The van der Waals surface area contributed by atoms with Crippen molar-refractivity contribution in [2.75, 3.05) is 5.32 Å². The van der Waals surface area contributed by atoms with Crippen LogP contribution in [0.1, 0.15) is 5.56 Å². The summed E-state index contributed by atoms with van der Waals surface area (Å²) in [5.41, 5.74) is 1.88. The minimum Gasteiger partial charge on any atom is -0.365 e. The van der Waals surface area contributed by atoms with Gasteiger partial charge < -0.3 is 5.32 Å². The molecule has 7 heteroatoms. The first-order chi connectivity index (χ1) is 10.2. The van der Waals surface area contributed by atoms with Crippen LogP contribution in [0.4, 0.5) is 11.5 Å². The Labute approximate surface area is 124 Å². The van der Waals surface area contributed by atoms with Crippen molar-refractivity contribution in [2.45, 2.75) is 6.54 Å². The number of aromatic amines is 1. The largest absolute Gasteiger partial charge is 0.365 e. The zero-order chi connectivity index (χ0) is 14.7. The molecule has 6 nitrogen and oxygen atoms in total. The summed E-state index contributed by atoms with van der Waals surface area (Å²) in [5, 5.41) is 23.0. The van der Waals surface area contributed by atoms with Crippen molar-refractivity contribution in [3.8, 4) is 10.6 Å². The Bertz CT molecular complexity index is 752. The topological polar surface area (TPSA) is 83.9 Å². The molecule has 2 N–H and O–H groups in total. The van der Waals surface area contributed by atoms with Gasteiger partial charge in [-0.25, -0.2) is 0 Å². The number of benzene rings is 1. The molecule has 0 bridgehead atoms. The Kier molecular flexibility index (Phi) is 3.65. The number of nitro groups is 1. The lowest BCUT2D eigenvalue weighted by Crippen LogP contribution is -2.00. The lowest BCUT2D eigenvalue weighted by Gasteiger charge is -2.02. The molecule has 1 aromatic carbocycles. The van der Waals surface area contributed by atoms with E-state index in [4.69, 9.17) is 0 Å². The fourth-order valence-electron chi connectivity index (χ4n) is 1.94. The molecule has 0 atom stereocenters. The van der Waals surface area contributed by atoms with Crippen molar-refractivity contribution in [2.24, 2.45) is 0 Å². The monoisotopic (exact) mass is 300 g/mol. The van der Waals surface area contributed by atoms with E-state index in [1.165, 1.54) is 6.07 Å². The van der Waals surface area contributed by atoms with Gasteiger partial charge in [0, 0.05) is 24.7 Å². The molecule has 106 valence electrons. The van der Waals surface area contributed by atoms with Gasteiger partial charge in [0.1, 0.15) is 5.82 Å². The highest BCUT2D eigenvalue weighted by Gasteiger charge is 2.07. The van der Waals surface area contributed by atoms with E-state index >= 15 is 0 Å². The van der Waals surface area contributed by atoms with Crippen LogP contribution in [0.2, 0.25) is 0 Å². The number of anilines is 1. The first-order valence-electron chi connectivity index (χ1n) is 6.29. The standard InChI is InChI=1S/C14H12N4O2S/c19-18(20)11-4-1-3-10(7-11)9-15-14-8-12(16-17-14)13-5-2-6-21-13/h1-8H,9H2,(H2,15,16,17). The average Bonchev–Trinajstić information content (AvgIpc) is 3.16. The SMILES string of the molecule is O=[N+]([O-])c1cccc(CNc2cc(-c3cccs3)[nH]n2)c1. The molecule has 2 heterocycles. The highest BCUT2D eigenvalue weighted by Crippen LogP contribution is 2.24. The van der Waals surface area contributed by atoms with Gasteiger partial charge in [-0.05, 0) is 17.0 Å². The van der Waals surface area contributed by atoms with Gasteiger partial charge in [-0.15, -0.1) is 11.3 Å². The number of rotatable bonds is 5. The highest BCUT2D eigenvalue weighted by atomic mass is 32.1. The minimum absolute atomic E-state index is 0.0932. The number of thiophene rings is 1. The van der Waals surface area contributed by atoms with Gasteiger partial charge in [-0.3, -0.25) is 15.2 Å². The fourth-order valence-corrected chi connectivity index (χ4v) is 2.64. The minimum atomic E-state index is -0.396. The molecule has 0 radical (unpaired) electrons. The molecule has 0 saturated heterocycles. The van der Waals surface area contributed by atoms with Gasteiger partial charge in [-0.1, -0.05) is 18.2 Å². The molecule has 0 amide bonds. The first-order valence-corrected chi connectivity index (χ1v) is 7.17. The number of nitro benzene ring substituents is 1. The maximum atomic E-state index is 10.7. The molecular formula is C14H12N4O2S. The molecule has 0 aliphatic carbocycles. The lowest BCUT2D eigenvalue weighted by molar-refractivity contribution is -0.384. The van der Waals surface area contributed by atoms with Crippen LogP contribution in [0.5, 0.6) is 0 Å². The number of nitrogens with zero attached hydrogens (tertiary/aromatic N) is 2. The third-order valence-corrected chi connectivity index (χ3v) is 3.86. The van der Waals surface area contributed by atoms with Gasteiger partial charge in [0.2, 0.25) is 0 Å². The molecule has 0 spiro atoms. The number of aromatic nitrogens is 2. The molecule has 0 fully saturated rings. The number of hydrogen-bond donors (Lipinski definition) is 2. The highest BCUT2D eigenvalue weighted by molar-refractivity contribution is 7.13. The molecule has 21 heavy (non-hydrogen) atoms. The summed E-state index contributed by atoms with van der Waals surface area (Å²) in [7, 11) is 0. The maximum Gasteiger partial charge on any atom is 0.269 e. The summed E-state index contributed by atoms with van der Waals surface area (Å²) < 4.78 is 0. The van der Waals surface area contributed by atoms with Gasteiger partial charge in [0.05, 0.1) is 15.5 Å². The summed E-state index contributed by atoms with van der Waals surface area (Å²) in [6.45, 7) is 0.483. The van der Waals surface area contributed by atoms with Crippen molar-refractivity contribution >= 4 is 22.8 Å². The summed E-state index contributed by atoms with van der Waals surface area (Å²) in [6.07, 6.45) is 0. The Morgan fingerprint density at radius 2 is 2.19 bits per heavy atom. The van der Waals surface area contributed by atoms with Crippen LogP contribution in [0.3, 0.4) is 0 Å². The smallest absolute Gasteiger partial charge is 0.269 e. The van der Waals surface area contributed by atoms with Gasteiger partial charge >= 0.3 is 0 Å². The van der Waals surface area contributed by atoms with Crippen LogP contribution >= 0.6 is 11.3 Å². The van der Waals surface area contributed by atoms with Crippen molar-refractivity contribution in [1.82, 2.24) is 10.2 Å². The Hall–Kier alpha value is -2.67. The Morgan fingerprint density at radius 1 is 1.29 bits per heavy atom. The van der Waals surface area contributed by atoms with E-state index < -0.39 is 4.92 Å². The fraction of sp³-hybridized carbons (Fsp3) is 0.0714. The number of nitrogens with one attached hydrogen (secondary N) is 2. The Morgan fingerprint density at radius 3 is 2.95 bits per heavy atom. The van der Waals surface area contributed by atoms with E-state index in [1.807, 2.05) is 29.6 Å². The molecule has 0 saturated carbocycles. The third kappa shape index (κ3) is 3.09. The van der Waals surface area contributed by atoms with Crippen LogP contribution in [0.25, 0.3) is 10.6 Å². The van der Waals surface area contributed by atoms with Crippen molar-refractivity contribution in [3.63, 3.8) is 0 Å². The van der Waals surface area contributed by atoms with Crippen LogP contribution in [0.15, 0.2) is 47.8 Å². The number of hydrogen-bond acceptors (Lipinski definition) is 5. The number of H-pyrrole nitrogens is 1. The Balaban J connectivity index is 1.68. The van der Waals surface area contributed by atoms with Gasteiger partial charge in [-0.2, -0.15) is 5.10 Å². The number of non-ortho nitro benzene ring substituents is 1. The van der Waals surface area contributed by atoms with E-state index in [2.05, 4.69) is 15.5 Å². The quantitative estimate of drug-likeness (QED) is 0.556. The molecular weight excluding hydrogens is 288 g/mol. The lowest BCUT2D eigenvalue weighted by atomic mass is 10.2. The second kappa shape index (κ2) is 5.76. The summed E-state index contributed by atoms with van der Waals surface area (Å²) in [4.78, 5) is 11.5. The summed E-state index contributed by atoms with van der Waals surface area (Å²) in [6, 6.07) is 12.5. The van der Waals surface area contributed by atoms with Crippen molar-refractivity contribution in [3.05, 3.63) is 63.5 Å². The van der Waals surface area contributed by atoms with Gasteiger partial charge in [0.25, 0.3) is 5.69 Å². The van der Waals surface area contributed by atoms with Crippen molar-refractivity contribution < 1.29 is 4.92 Å². The second-order valence-electron chi connectivity index (χ2n) is 4.42. The molecule has 0 aliphatic heterocycles. The predicted molar refractivity (Wildman–Crippen MR) is 82.3 cm³/mol. The molecule has 3 aromatic rings. The summed E-state index contributed by atoms with van der Waals surface area (Å²) >= 11 is 1.63. The van der Waals surface area contributed by atoms with E-state index in [-0.39, 0.29) is 5.69 Å². The summed E-state index contributed by atoms with van der Waals surface area (Å²) in [5.74, 6) is 0.713. The average molecular weight is 300 g/mol. The van der Waals surface area contributed by atoms with Crippen LogP contribution in [0, 0.1) is 10.1 Å². The van der Waals surface area contributed by atoms with E-state index in [1.54, 1.807) is 23.5 Å². The zero-order valence-electron chi connectivity index (χ0n) is 10.9. The maximum absolute atomic E-state index is 10.7. The zero-order valence-corrected chi connectivity index (χ0v) is 11.8. The molecule has 3 rings (SSSR count). The molecule has 0 unspecified atom stereocenters. The van der Waals surface area contributed by atoms with Crippen LogP contribution in [-0.4, -0.2) is 15.1 Å². The van der Waals surface area contributed by atoms with Crippen molar-refractivity contribution in [1.29, 1.82) is 0 Å². The first kappa shape index (κ1) is 13.3. The second-order valence-corrected chi connectivity index (χ2v) is 5.37. The normalized spacial score (nSPS) is 10.5. The van der Waals surface area contributed by atoms with E-state index in [9.17, 15) is 10.1 Å². The predicted octanol–water partition coefficient (Wildman–Crippen LogP) is 3.66.